The van der Waals surface area contributed by atoms with Crippen LogP contribution in [0.25, 0.3) is 0 Å². The highest BCUT2D eigenvalue weighted by molar-refractivity contribution is 7.15. The van der Waals surface area contributed by atoms with Crippen molar-refractivity contribution in [2.45, 2.75) is 26.2 Å². The minimum atomic E-state index is -0.424. The summed E-state index contributed by atoms with van der Waals surface area (Å²) in [6.07, 6.45) is 5.73. The molecule has 2 heterocycles. The maximum absolute atomic E-state index is 12.3. The van der Waals surface area contributed by atoms with Crippen molar-refractivity contribution in [3.05, 3.63) is 17.2 Å². The molecule has 0 unspecified atom stereocenters. The van der Waals surface area contributed by atoms with E-state index in [1.54, 1.807) is 0 Å². The quantitative estimate of drug-likeness (QED) is 0.660. The molecule has 1 fully saturated rings. The van der Waals surface area contributed by atoms with Crippen molar-refractivity contribution in [1.82, 2.24) is 15.1 Å². The Kier molecular flexibility index (Phi) is 4.02. The van der Waals surface area contributed by atoms with Crippen molar-refractivity contribution in [3.63, 3.8) is 0 Å². The summed E-state index contributed by atoms with van der Waals surface area (Å²) in [4.78, 5) is 37.6. The highest BCUT2D eigenvalue weighted by atomic mass is 32.1. The number of aromatic nitrogens is 2. The number of rotatable bonds is 4. The van der Waals surface area contributed by atoms with Gasteiger partial charge in [-0.1, -0.05) is 30.4 Å². The smallest absolute Gasteiger partial charge is 0.246 e. The third-order valence-electron chi connectivity index (χ3n) is 3.92. The molecule has 2 atom stereocenters. The maximum Gasteiger partial charge on any atom is 0.246 e. The molecule has 7 nitrogen and oxygen atoms in total. The fraction of sp³-hybridized carbons (Fsp3) is 0.500. The fourth-order valence-electron chi connectivity index (χ4n) is 2.77. The molecule has 0 spiro atoms. The molecule has 0 radical (unpaired) electrons. The predicted octanol–water partition coefficient (Wildman–Crippen LogP) is 0.990. The van der Waals surface area contributed by atoms with Gasteiger partial charge in [0.25, 0.3) is 0 Å². The van der Waals surface area contributed by atoms with E-state index in [9.17, 15) is 14.4 Å². The topological polar surface area (TPSA) is 92.3 Å². The van der Waals surface area contributed by atoms with Crippen molar-refractivity contribution in [1.29, 1.82) is 0 Å². The third kappa shape index (κ3) is 2.66. The molecule has 1 aliphatic carbocycles. The van der Waals surface area contributed by atoms with Gasteiger partial charge in [0.1, 0.15) is 11.6 Å². The number of nitrogens with zero attached hydrogens (tertiary/aromatic N) is 3. The highest BCUT2D eigenvalue weighted by Gasteiger charge is 2.47. The molecule has 0 bridgehead atoms. The Morgan fingerprint density at radius 1 is 1.27 bits per heavy atom. The lowest BCUT2D eigenvalue weighted by Crippen LogP contribution is -2.38. The van der Waals surface area contributed by atoms with Crippen molar-refractivity contribution < 1.29 is 14.4 Å². The molecule has 1 aromatic heterocycles. The van der Waals surface area contributed by atoms with Crippen molar-refractivity contribution in [2.24, 2.45) is 11.8 Å². The number of carbonyl (C=O) groups is 3. The average Bonchev–Trinajstić information content (AvgIpc) is 3.06. The fourth-order valence-corrected chi connectivity index (χ4v) is 3.47. The van der Waals surface area contributed by atoms with E-state index >= 15 is 0 Å². The summed E-state index contributed by atoms with van der Waals surface area (Å²) < 4.78 is 0. The van der Waals surface area contributed by atoms with E-state index < -0.39 is 5.91 Å². The van der Waals surface area contributed by atoms with E-state index in [1.165, 1.54) is 11.3 Å². The van der Waals surface area contributed by atoms with Crippen LogP contribution >= 0.6 is 11.3 Å². The van der Waals surface area contributed by atoms with Crippen LogP contribution in [0, 0.1) is 11.8 Å². The molecule has 2 aliphatic rings. The molecule has 8 heteroatoms. The van der Waals surface area contributed by atoms with Crippen LogP contribution in [-0.4, -0.2) is 39.4 Å². The number of hydrogen-bond donors (Lipinski definition) is 1. The second-order valence-electron chi connectivity index (χ2n) is 5.32. The predicted molar refractivity (Wildman–Crippen MR) is 80.0 cm³/mol. The van der Waals surface area contributed by atoms with Crippen LogP contribution in [0.15, 0.2) is 12.2 Å². The van der Waals surface area contributed by atoms with Crippen LogP contribution in [0.3, 0.4) is 0 Å². The molecule has 3 rings (SSSR count). The molecule has 1 N–H and O–H groups in total. The first kappa shape index (κ1) is 14.8. The number of nitrogens with one attached hydrogen (secondary N) is 1. The number of aryl methyl sites for hydroxylation is 1. The second-order valence-corrected chi connectivity index (χ2v) is 6.38. The van der Waals surface area contributed by atoms with Gasteiger partial charge < -0.3 is 0 Å². The SMILES string of the molecule is CCc1nnc(NC(=O)CN2C(=O)[C@@H]3CC=CC[C@H]3C2=O)s1. The number of carbonyl (C=O) groups excluding carboxylic acids is 3. The molecule has 116 valence electrons. The van der Waals surface area contributed by atoms with Crippen LogP contribution < -0.4 is 5.32 Å². The number of amides is 3. The number of anilines is 1. The zero-order valence-corrected chi connectivity index (χ0v) is 12.9. The Hall–Kier alpha value is -2.09. The van der Waals surface area contributed by atoms with E-state index in [0.717, 1.165) is 16.3 Å². The lowest BCUT2D eigenvalue weighted by Gasteiger charge is -2.14. The van der Waals surface area contributed by atoms with Gasteiger partial charge in [-0.2, -0.15) is 0 Å². The van der Waals surface area contributed by atoms with E-state index in [4.69, 9.17) is 0 Å². The molecule has 22 heavy (non-hydrogen) atoms. The van der Waals surface area contributed by atoms with E-state index in [1.807, 2.05) is 19.1 Å². The summed E-state index contributed by atoms with van der Waals surface area (Å²) >= 11 is 1.29. The molecule has 3 amide bonds. The Bertz CT molecular complexity index is 628. The van der Waals surface area contributed by atoms with Gasteiger partial charge in [-0.3, -0.25) is 24.6 Å². The van der Waals surface area contributed by atoms with Crippen LogP contribution in [0.4, 0.5) is 5.13 Å². The van der Waals surface area contributed by atoms with Crippen molar-refractivity contribution in [3.8, 4) is 0 Å². The number of fused-ring (bicyclic) bond motifs is 1. The number of imide groups is 1. The monoisotopic (exact) mass is 320 g/mol. The third-order valence-corrected chi connectivity index (χ3v) is 4.90. The molecule has 1 aliphatic heterocycles. The number of hydrogen-bond acceptors (Lipinski definition) is 6. The molecule has 0 aromatic carbocycles. The maximum atomic E-state index is 12.3. The molecular formula is C14H16N4O3S. The minimum absolute atomic E-state index is 0.249. The summed E-state index contributed by atoms with van der Waals surface area (Å²) in [7, 11) is 0. The van der Waals surface area contributed by atoms with E-state index in [2.05, 4.69) is 15.5 Å². The normalized spacial score (nSPS) is 23.8. The summed E-state index contributed by atoms with van der Waals surface area (Å²) in [5.74, 6) is -1.54. The van der Waals surface area contributed by atoms with Crippen LogP contribution in [0.5, 0.6) is 0 Å². The summed E-state index contributed by atoms with van der Waals surface area (Å²) in [6.45, 7) is 1.69. The Labute approximate surface area is 131 Å². The molecule has 0 saturated carbocycles. The van der Waals surface area contributed by atoms with Crippen molar-refractivity contribution >= 4 is 34.2 Å². The molecule has 1 aromatic rings. The van der Waals surface area contributed by atoms with Gasteiger partial charge in [0.15, 0.2) is 0 Å². The lowest BCUT2D eigenvalue weighted by atomic mass is 9.85. The first-order valence-corrected chi connectivity index (χ1v) is 8.04. The van der Waals surface area contributed by atoms with E-state index in [0.29, 0.717) is 18.0 Å². The summed E-state index contributed by atoms with van der Waals surface area (Å²) in [6, 6.07) is 0. The minimum Gasteiger partial charge on any atom is -0.299 e. The highest BCUT2D eigenvalue weighted by Crippen LogP contribution is 2.34. The first-order chi connectivity index (χ1) is 10.6. The van der Waals surface area contributed by atoms with Gasteiger partial charge in [-0.05, 0) is 19.3 Å². The van der Waals surface area contributed by atoms with Gasteiger partial charge in [0, 0.05) is 0 Å². The average molecular weight is 320 g/mol. The van der Waals surface area contributed by atoms with Crippen LogP contribution in [0.1, 0.15) is 24.8 Å². The first-order valence-electron chi connectivity index (χ1n) is 7.22. The van der Waals surface area contributed by atoms with Gasteiger partial charge in [-0.25, -0.2) is 0 Å². The number of allylic oxidation sites excluding steroid dienone is 2. The lowest BCUT2D eigenvalue weighted by molar-refractivity contribution is -0.142. The zero-order chi connectivity index (χ0) is 15.7. The van der Waals surface area contributed by atoms with Gasteiger partial charge in [-0.15, -0.1) is 10.2 Å². The Morgan fingerprint density at radius 3 is 2.45 bits per heavy atom. The zero-order valence-electron chi connectivity index (χ0n) is 12.1. The van der Waals surface area contributed by atoms with Gasteiger partial charge in [0.2, 0.25) is 22.9 Å². The number of likely N-dealkylation sites (tertiary alicyclic amines) is 1. The summed E-state index contributed by atoms with van der Waals surface area (Å²) in [5, 5.41) is 11.6. The van der Waals surface area contributed by atoms with Crippen molar-refractivity contribution in [2.75, 3.05) is 11.9 Å². The Morgan fingerprint density at radius 2 is 1.91 bits per heavy atom. The largest absolute Gasteiger partial charge is 0.299 e. The Balaban J connectivity index is 1.64. The standard InChI is InChI=1S/C14H16N4O3S/c1-2-11-16-17-14(22-11)15-10(19)7-18-12(20)8-5-3-4-6-9(8)13(18)21/h3-4,8-9H,2,5-7H2,1H3,(H,15,17,19)/t8-,9-/m1/s1. The molecule has 1 saturated heterocycles. The second kappa shape index (κ2) is 5.96. The van der Waals surface area contributed by atoms with Gasteiger partial charge in [0.05, 0.1) is 11.8 Å². The van der Waals surface area contributed by atoms with Crippen LogP contribution in [-0.2, 0) is 20.8 Å². The van der Waals surface area contributed by atoms with Gasteiger partial charge >= 0.3 is 0 Å². The summed E-state index contributed by atoms with van der Waals surface area (Å²) in [5.41, 5.74) is 0. The van der Waals surface area contributed by atoms with Crippen LogP contribution in [0.2, 0.25) is 0 Å². The van der Waals surface area contributed by atoms with E-state index in [-0.39, 0.29) is 30.2 Å². The molecular weight excluding hydrogens is 304 g/mol.